The van der Waals surface area contributed by atoms with Crippen molar-refractivity contribution in [1.82, 2.24) is 14.8 Å². The summed E-state index contributed by atoms with van der Waals surface area (Å²) in [6, 6.07) is 10.6. The van der Waals surface area contributed by atoms with E-state index >= 15 is 0 Å². The Bertz CT molecular complexity index is 1170. The molecule has 3 heterocycles. The number of hydrogen-bond donors (Lipinski definition) is 0. The predicted molar refractivity (Wildman–Crippen MR) is 121 cm³/mol. The number of nitro benzene ring substituents is 1. The Morgan fingerprint density at radius 2 is 2.00 bits per heavy atom. The molecule has 0 N–H and O–H groups in total. The largest absolute Gasteiger partial charge is 0.467 e. The normalized spacial score (nSPS) is 15.5. The van der Waals surface area contributed by atoms with Gasteiger partial charge in [0.05, 0.1) is 22.2 Å². The summed E-state index contributed by atoms with van der Waals surface area (Å²) in [6.45, 7) is 2.24. The monoisotopic (exact) mass is 473 g/mol. The van der Waals surface area contributed by atoms with Crippen LogP contribution in [0.3, 0.4) is 0 Å². The van der Waals surface area contributed by atoms with Crippen LogP contribution in [0.2, 0.25) is 5.02 Å². The average molecular weight is 474 g/mol. The highest BCUT2D eigenvalue weighted by Crippen LogP contribution is 2.38. The second-order valence-corrected chi connectivity index (χ2v) is 8.86. The minimum Gasteiger partial charge on any atom is -0.467 e. The molecule has 0 unspecified atom stereocenters. The third-order valence-corrected chi connectivity index (χ3v) is 6.74. The molecule has 2 aliphatic heterocycles. The van der Waals surface area contributed by atoms with Gasteiger partial charge in [-0.25, -0.2) is 0 Å². The van der Waals surface area contributed by atoms with Crippen LogP contribution in [0.4, 0.5) is 11.6 Å². The van der Waals surface area contributed by atoms with Crippen LogP contribution >= 0.6 is 23.4 Å². The maximum atomic E-state index is 11.4. The summed E-state index contributed by atoms with van der Waals surface area (Å²) in [7, 11) is 0. The Balaban J connectivity index is 1.51. The molecule has 0 radical (unpaired) electrons. The second kappa shape index (κ2) is 8.97. The van der Waals surface area contributed by atoms with Gasteiger partial charge in [-0.05, 0) is 25.0 Å². The molecule has 0 saturated carbocycles. The fourth-order valence-electron chi connectivity index (χ4n) is 3.96. The van der Waals surface area contributed by atoms with Crippen molar-refractivity contribution in [3.8, 4) is 11.4 Å². The number of fused-ring (bicyclic) bond motifs is 1. The summed E-state index contributed by atoms with van der Waals surface area (Å²) in [5.41, 5.74) is 2.21. The molecule has 9 nitrogen and oxygen atoms in total. The van der Waals surface area contributed by atoms with Gasteiger partial charge in [0.25, 0.3) is 5.69 Å². The number of rotatable bonds is 6. The van der Waals surface area contributed by atoms with E-state index in [2.05, 4.69) is 15.1 Å². The lowest BCUT2D eigenvalue weighted by Gasteiger charge is -2.21. The number of aromatic nitrogens is 3. The highest BCUT2D eigenvalue weighted by Gasteiger charge is 2.25. The average Bonchev–Trinajstić information content (AvgIpc) is 3.47. The molecule has 11 heteroatoms. The van der Waals surface area contributed by atoms with E-state index in [0.717, 1.165) is 43.1 Å². The molecule has 0 bridgehead atoms. The molecule has 1 fully saturated rings. The molecule has 166 valence electrons. The summed E-state index contributed by atoms with van der Waals surface area (Å²) in [5.74, 6) is 1.81. The van der Waals surface area contributed by atoms with Crippen molar-refractivity contribution in [2.45, 2.75) is 30.4 Å². The third kappa shape index (κ3) is 4.01. The molecular weight excluding hydrogens is 454 g/mol. The van der Waals surface area contributed by atoms with Crippen molar-refractivity contribution in [3.63, 3.8) is 0 Å². The number of nitro groups is 1. The van der Waals surface area contributed by atoms with Crippen molar-refractivity contribution in [2.24, 2.45) is 0 Å². The Morgan fingerprint density at radius 1 is 1.19 bits per heavy atom. The minimum atomic E-state index is -0.402. The summed E-state index contributed by atoms with van der Waals surface area (Å²) in [4.78, 5) is 13.2. The smallest absolute Gasteiger partial charge is 0.270 e. The van der Waals surface area contributed by atoms with Crippen molar-refractivity contribution in [2.75, 3.05) is 24.8 Å². The van der Waals surface area contributed by atoms with E-state index in [4.69, 9.17) is 21.1 Å². The van der Waals surface area contributed by atoms with Gasteiger partial charge in [0, 0.05) is 42.1 Å². The third-order valence-electron chi connectivity index (χ3n) is 5.44. The van der Waals surface area contributed by atoms with E-state index in [1.165, 1.54) is 17.8 Å². The molecule has 2 aliphatic rings. The Labute approximate surface area is 193 Å². The van der Waals surface area contributed by atoms with Gasteiger partial charge in [0.15, 0.2) is 11.9 Å². The summed E-state index contributed by atoms with van der Waals surface area (Å²) in [5, 5.41) is 21.6. The fourth-order valence-corrected chi connectivity index (χ4v) is 5.08. The zero-order valence-corrected chi connectivity index (χ0v) is 18.6. The molecular formula is C21H20ClN5O4S. The number of benzene rings is 2. The van der Waals surface area contributed by atoms with Crippen LogP contribution < -0.4 is 9.64 Å². The van der Waals surface area contributed by atoms with Crippen LogP contribution in [0.1, 0.15) is 24.0 Å². The molecule has 0 spiro atoms. The highest BCUT2D eigenvalue weighted by atomic mass is 35.5. The molecule has 0 aliphatic carbocycles. The van der Waals surface area contributed by atoms with Gasteiger partial charge in [-0.15, -0.1) is 10.2 Å². The molecule has 1 saturated heterocycles. The topological polar surface area (TPSA) is 95.6 Å². The lowest BCUT2D eigenvalue weighted by atomic mass is 10.1. The van der Waals surface area contributed by atoms with Gasteiger partial charge in [-0.2, -0.15) is 0 Å². The maximum absolute atomic E-state index is 11.4. The van der Waals surface area contributed by atoms with Crippen molar-refractivity contribution < 1.29 is 14.4 Å². The fraction of sp³-hybridized carbons (Fsp3) is 0.333. The van der Waals surface area contributed by atoms with Crippen LogP contribution in [0.15, 0.2) is 41.6 Å². The second-order valence-electron chi connectivity index (χ2n) is 7.51. The summed E-state index contributed by atoms with van der Waals surface area (Å²) >= 11 is 7.96. The van der Waals surface area contributed by atoms with Crippen LogP contribution in [0, 0.1) is 10.1 Å². The lowest BCUT2D eigenvalue weighted by Crippen LogP contribution is -2.22. The summed E-state index contributed by atoms with van der Waals surface area (Å²) in [6.07, 6.45) is 2.22. The first kappa shape index (κ1) is 21.0. The first-order valence-electron chi connectivity index (χ1n) is 10.2. The number of nitrogens with zero attached hydrogens (tertiary/aromatic N) is 5. The maximum Gasteiger partial charge on any atom is 0.270 e. The number of anilines is 1. The zero-order valence-electron chi connectivity index (χ0n) is 17.1. The SMILES string of the molecule is O=[N+]([O-])c1cc2c(c(CSc3nnc(N4CCCC4)n3-c3ccccc3Cl)c1)OCOC2. The Kier molecular flexibility index (Phi) is 5.90. The molecule has 3 aromatic rings. The Hall–Kier alpha value is -2.82. The van der Waals surface area contributed by atoms with E-state index in [0.29, 0.717) is 27.2 Å². The molecule has 32 heavy (non-hydrogen) atoms. The van der Waals surface area contributed by atoms with Crippen LogP contribution in [0.25, 0.3) is 5.69 Å². The van der Waals surface area contributed by atoms with E-state index in [-0.39, 0.29) is 19.1 Å². The number of para-hydroxylation sites is 1. The van der Waals surface area contributed by atoms with E-state index in [9.17, 15) is 10.1 Å². The van der Waals surface area contributed by atoms with E-state index in [1.807, 2.05) is 28.8 Å². The standard InChI is InChI=1S/C21H20ClN5O4S/c22-17-5-1-2-6-18(17)26-20(25-7-3-4-8-25)23-24-21(26)32-12-15-10-16(27(28)29)9-14-11-30-13-31-19(14)15/h1-2,5-6,9-10H,3-4,7-8,11-13H2. The van der Waals surface area contributed by atoms with Gasteiger partial charge in [-0.1, -0.05) is 35.5 Å². The summed E-state index contributed by atoms with van der Waals surface area (Å²) < 4.78 is 12.9. The number of non-ortho nitro benzene ring substituents is 1. The van der Waals surface area contributed by atoms with Crippen LogP contribution in [-0.4, -0.2) is 39.6 Å². The van der Waals surface area contributed by atoms with E-state index < -0.39 is 4.92 Å². The number of hydrogen-bond acceptors (Lipinski definition) is 8. The molecule has 1 aromatic heterocycles. The van der Waals surface area contributed by atoms with Crippen molar-refractivity contribution in [1.29, 1.82) is 0 Å². The lowest BCUT2D eigenvalue weighted by molar-refractivity contribution is -0.385. The first-order chi connectivity index (χ1) is 15.6. The minimum absolute atomic E-state index is 0.0128. The van der Waals surface area contributed by atoms with Crippen LogP contribution in [-0.2, 0) is 17.1 Å². The number of thioether (sulfide) groups is 1. The first-order valence-corrected chi connectivity index (χ1v) is 11.6. The van der Waals surface area contributed by atoms with Gasteiger partial charge in [0.2, 0.25) is 5.95 Å². The zero-order chi connectivity index (χ0) is 22.1. The predicted octanol–water partition coefficient (Wildman–Crippen LogP) is 4.59. The molecule has 5 rings (SSSR count). The van der Waals surface area contributed by atoms with E-state index in [1.54, 1.807) is 6.07 Å². The molecule has 2 aromatic carbocycles. The van der Waals surface area contributed by atoms with Gasteiger partial charge in [0.1, 0.15) is 5.75 Å². The molecule has 0 amide bonds. The van der Waals surface area contributed by atoms with Gasteiger partial charge >= 0.3 is 0 Å². The van der Waals surface area contributed by atoms with Crippen molar-refractivity contribution >= 4 is 35.0 Å². The van der Waals surface area contributed by atoms with Crippen molar-refractivity contribution in [3.05, 3.63) is 62.7 Å². The quantitative estimate of drug-likeness (QED) is 0.291. The van der Waals surface area contributed by atoms with Gasteiger partial charge in [-0.3, -0.25) is 14.7 Å². The number of halogens is 1. The van der Waals surface area contributed by atoms with Gasteiger partial charge < -0.3 is 14.4 Å². The molecule has 0 atom stereocenters. The highest BCUT2D eigenvalue weighted by molar-refractivity contribution is 7.98. The van der Waals surface area contributed by atoms with Crippen LogP contribution in [0.5, 0.6) is 5.75 Å². The Morgan fingerprint density at radius 3 is 2.78 bits per heavy atom. The number of ether oxygens (including phenoxy) is 2.